The number of halogens is 1. The zero-order valence-electron chi connectivity index (χ0n) is 12.6. The molecule has 2 aromatic carbocycles. The quantitative estimate of drug-likeness (QED) is 0.516. The van der Waals surface area contributed by atoms with Crippen LogP contribution in [0.5, 0.6) is 0 Å². The highest BCUT2D eigenvalue weighted by atomic mass is 19.1. The number of rotatable bonds is 5. The maximum absolute atomic E-state index is 13.2. The molecule has 0 unspecified atom stereocenters. The molecular formula is C16H13FN2O5. The summed E-state index contributed by atoms with van der Waals surface area (Å²) in [6, 6.07) is 9.52. The highest BCUT2D eigenvalue weighted by molar-refractivity contribution is 5.95. The van der Waals surface area contributed by atoms with Gasteiger partial charge >= 0.3 is 11.7 Å². The number of hydrogen-bond donors (Lipinski definition) is 1. The van der Waals surface area contributed by atoms with Gasteiger partial charge in [0.05, 0.1) is 10.5 Å². The van der Waals surface area contributed by atoms with Crippen molar-refractivity contribution < 1.29 is 23.6 Å². The molecule has 0 heterocycles. The van der Waals surface area contributed by atoms with Crippen molar-refractivity contribution >= 4 is 23.3 Å². The Balaban J connectivity index is 1.94. The van der Waals surface area contributed by atoms with Crippen LogP contribution in [0.25, 0.3) is 0 Å². The molecule has 0 saturated carbocycles. The third kappa shape index (κ3) is 4.35. The van der Waals surface area contributed by atoms with Crippen LogP contribution in [0.4, 0.5) is 15.8 Å². The second-order valence-corrected chi connectivity index (χ2v) is 4.91. The van der Waals surface area contributed by atoms with E-state index in [4.69, 9.17) is 4.74 Å². The normalized spacial score (nSPS) is 10.1. The third-order valence-corrected chi connectivity index (χ3v) is 3.05. The van der Waals surface area contributed by atoms with Crippen molar-refractivity contribution in [1.29, 1.82) is 0 Å². The molecule has 24 heavy (non-hydrogen) atoms. The van der Waals surface area contributed by atoms with E-state index >= 15 is 0 Å². The molecule has 0 bridgehead atoms. The van der Waals surface area contributed by atoms with Crippen LogP contribution < -0.4 is 5.32 Å². The van der Waals surface area contributed by atoms with Crippen LogP contribution in [0.1, 0.15) is 15.9 Å². The Kier molecular flexibility index (Phi) is 5.20. The van der Waals surface area contributed by atoms with Crippen molar-refractivity contribution in [3.05, 3.63) is 69.5 Å². The molecule has 0 aliphatic carbocycles. The van der Waals surface area contributed by atoms with Gasteiger partial charge in [0.25, 0.3) is 5.91 Å². The molecule has 0 aliphatic rings. The van der Waals surface area contributed by atoms with Gasteiger partial charge in [-0.2, -0.15) is 4.39 Å². The van der Waals surface area contributed by atoms with Crippen molar-refractivity contribution in [1.82, 2.24) is 0 Å². The predicted octanol–water partition coefficient (Wildman–Crippen LogP) is 2.84. The topological polar surface area (TPSA) is 98.5 Å². The van der Waals surface area contributed by atoms with Gasteiger partial charge in [0.1, 0.15) is 0 Å². The summed E-state index contributed by atoms with van der Waals surface area (Å²) in [5.41, 5.74) is 0.539. The first-order valence-electron chi connectivity index (χ1n) is 6.84. The fourth-order valence-corrected chi connectivity index (χ4v) is 1.83. The molecule has 0 fully saturated rings. The highest BCUT2D eigenvalue weighted by Gasteiger charge is 2.16. The van der Waals surface area contributed by atoms with Crippen LogP contribution in [-0.2, 0) is 9.53 Å². The Morgan fingerprint density at radius 1 is 1.21 bits per heavy atom. The average Bonchev–Trinajstić information content (AvgIpc) is 2.55. The Labute approximate surface area is 136 Å². The van der Waals surface area contributed by atoms with E-state index in [-0.39, 0.29) is 5.69 Å². The second kappa shape index (κ2) is 7.32. The number of nitro benzene ring substituents is 1. The van der Waals surface area contributed by atoms with Crippen LogP contribution in [0.3, 0.4) is 0 Å². The standard InChI is InChI=1S/C16H13FN2O5/c1-10-2-4-11(5-3-10)16(21)24-9-15(20)18-12-6-7-13(17)14(8-12)19(22)23/h2-8H,9H2,1H3,(H,18,20). The van der Waals surface area contributed by atoms with E-state index in [1.54, 1.807) is 24.3 Å². The van der Waals surface area contributed by atoms with Gasteiger partial charge in [-0.25, -0.2) is 4.79 Å². The molecule has 2 rings (SSSR count). The lowest BCUT2D eigenvalue weighted by Crippen LogP contribution is -2.21. The summed E-state index contributed by atoms with van der Waals surface area (Å²) in [7, 11) is 0. The number of hydrogen-bond acceptors (Lipinski definition) is 5. The number of nitrogens with one attached hydrogen (secondary N) is 1. The highest BCUT2D eigenvalue weighted by Crippen LogP contribution is 2.21. The molecule has 0 radical (unpaired) electrons. The number of aryl methyl sites for hydroxylation is 1. The fraction of sp³-hybridized carbons (Fsp3) is 0.125. The smallest absolute Gasteiger partial charge is 0.338 e. The summed E-state index contributed by atoms with van der Waals surface area (Å²) in [4.78, 5) is 33.2. The minimum absolute atomic E-state index is 0.0273. The first kappa shape index (κ1) is 17.1. The fourth-order valence-electron chi connectivity index (χ4n) is 1.83. The molecule has 2 aromatic rings. The van der Waals surface area contributed by atoms with Crippen molar-refractivity contribution in [2.24, 2.45) is 0 Å². The van der Waals surface area contributed by atoms with Crippen molar-refractivity contribution in [2.75, 3.05) is 11.9 Å². The summed E-state index contributed by atoms with van der Waals surface area (Å²) < 4.78 is 18.0. The van der Waals surface area contributed by atoms with Crippen LogP contribution in [-0.4, -0.2) is 23.4 Å². The van der Waals surface area contributed by atoms with Gasteiger partial charge in [-0.1, -0.05) is 17.7 Å². The molecule has 124 valence electrons. The summed E-state index contributed by atoms with van der Waals surface area (Å²) in [5, 5.41) is 12.9. The molecule has 0 aliphatic heterocycles. The first-order chi connectivity index (χ1) is 11.4. The SMILES string of the molecule is Cc1ccc(C(=O)OCC(=O)Nc2ccc(F)c([N+](=O)[O-])c2)cc1. The van der Waals surface area contributed by atoms with Gasteiger partial charge in [-0.05, 0) is 31.2 Å². The van der Waals surface area contributed by atoms with Crippen LogP contribution in [0.2, 0.25) is 0 Å². The van der Waals surface area contributed by atoms with E-state index in [9.17, 15) is 24.1 Å². The Bertz CT molecular complexity index is 790. The number of esters is 1. The minimum atomic E-state index is -1.01. The lowest BCUT2D eigenvalue weighted by molar-refractivity contribution is -0.387. The largest absolute Gasteiger partial charge is 0.452 e. The van der Waals surface area contributed by atoms with Crippen molar-refractivity contribution in [3.63, 3.8) is 0 Å². The molecule has 1 N–H and O–H groups in total. The number of carbonyl (C=O) groups is 2. The maximum Gasteiger partial charge on any atom is 0.338 e. The van der Waals surface area contributed by atoms with Gasteiger partial charge in [-0.3, -0.25) is 14.9 Å². The molecule has 1 amide bonds. The Hall–Kier alpha value is -3.29. The van der Waals surface area contributed by atoms with E-state index in [2.05, 4.69) is 5.32 Å². The Morgan fingerprint density at radius 2 is 1.88 bits per heavy atom. The molecular weight excluding hydrogens is 319 g/mol. The van der Waals surface area contributed by atoms with Gasteiger partial charge in [0.2, 0.25) is 5.82 Å². The number of amides is 1. The maximum atomic E-state index is 13.2. The van der Waals surface area contributed by atoms with E-state index in [1.165, 1.54) is 6.07 Å². The average molecular weight is 332 g/mol. The summed E-state index contributed by atoms with van der Waals surface area (Å²) in [5.74, 6) is -2.38. The zero-order chi connectivity index (χ0) is 17.7. The van der Waals surface area contributed by atoms with Crippen LogP contribution in [0.15, 0.2) is 42.5 Å². The van der Waals surface area contributed by atoms with E-state index < -0.39 is 34.9 Å². The lowest BCUT2D eigenvalue weighted by Gasteiger charge is -2.07. The van der Waals surface area contributed by atoms with E-state index in [1.807, 2.05) is 6.92 Å². The molecule has 7 nitrogen and oxygen atoms in total. The third-order valence-electron chi connectivity index (χ3n) is 3.05. The number of nitrogens with zero attached hydrogens (tertiary/aromatic N) is 1. The van der Waals surface area contributed by atoms with Crippen molar-refractivity contribution in [3.8, 4) is 0 Å². The summed E-state index contributed by atoms with van der Waals surface area (Å²) >= 11 is 0. The second-order valence-electron chi connectivity index (χ2n) is 4.91. The van der Waals surface area contributed by atoms with Crippen LogP contribution >= 0.6 is 0 Å². The molecule has 0 saturated heterocycles. The van der Waals surface area contributed by atoms with Gasteiger partial charge in [-0.15, -0.1) is 0 Å². The Morgan fingerprint density at radius 3 is 2.50 bits per heavy atom. The number of ether oxygens (including phenoxy) is 1. The summed E-state index contributed by atoms with van der Waals surface area (Å²) in [6.45, 7) is 1.29. The van der Waals surface area contributed by atoms with E-state index in [0.717, 1.165) is 17.7 Å². The lowest BCUT2D eigenvalue weighted by atomic mass is 10.1. The van der Waals surface area contributed by atoms with Gasteiger partial charge < -0.3 is 10.1 Å². The monoisotopic (exact) mass is 332 g/mol. The molecule has 0 aromatic heterocycles. The predicted molar refractivity (Wildman–Crippen MR) is 83.1 cm³/mol. The number of carbonyl (C=O) groups excluding carboxylic acids is 2. The van der Waals surface area contributed by atoms with Crippen LogP contribution in [0, 0.1) is 22.9 Å². The molecule has 8 heteroatoms. The zero-order valence-corrected chi connectivity index (χ0v) is 12.6. The molecule has 0 atom stereocenters. The minimum Gasteiger partial charge on any atom is -0.452 e. The number of anilines is 1. The van der Waals surface area contributed by atoms with Crippen molar-refractivity contribution in [2.45, 2.75) is 6.92 Å². The molecule has 0 spiro atoms. The number of nitro groups is 1. The van der Waals surface area contributed by atoms with Gasteiger partial charge in [0.15, 0.2) is 6.61 Å². The van der Waals surface area contributed by atoms with E-state index in [0.29, 0.717) is 5.56 Å². The first-order valence-corrected chi connectivity index (χ1v) is 6.84. The summed E-state index contributed by atoms with van der Waals surface area (Å²) in [6.07, 6.45) is 0. The number of benzene rings is 2. The van der Waals surface area contributed by atoms with Gasteiger partial charge in [0, 0.05) is 11.8 Å².